The van der Waals surface area contributed by atoms with Gasteiger partial charge in [-0.1, -0.05) is 12.1 Å². The SMILES string of the molecule is CNCc1ccc(NC(=O)OC(C)=O)cc1. The van der Waals surface area contributed by atoms with Crippen LogP contribution in [-0.2, 0) is 16.1 Å². The van der Waals surface area contributed by atoms with E-state index in [0.29, 0.717) is 5.69 Å². The van der Waals surface area contributed by atoms with E-state index < -0.39 is 12.1 Å². The molecule has 86 valence electrons. The monoisotopic (exact) mass is 222 g/mol. The van der Waals surface area contributed by atoms with Crippen LogP contribution in [0.25, 0.3) is 0 Å². The second-order valence-corrected chi connectivity index (χ2v) is 3.23. The van der Waals surface area contributed by atoms with Gasteiger partial charge in [-0.3, -0.25) is 10.1 Å². The summed E-state index contributed by atoms with van der Waals surface area (Å²) < 4.78 is 4.33. The molecule has 0 aliphatic rings. The molecule has 1 aromatic carbocycles. The third-order valence-corrected chi connectivity index (χ3v) is 1.82. The molecule has 1 rings (SSSR count). The Labute approximate surface area is 93.8 Å². The molecule has 0 saturated heterocycles. The topological polar surface area (TPSA) is 67.4 Å². The van der Waals surface area contributed by atoms with Crippen molar-refractivity contribution in [3.8, 4) is 0 Å². The van der Waals surface area contributed by atoms with Crippen molar-refractivity contribution in [3.63, 3.8) is 0 Å². The molecule has 0 saturated carbocycles. The first-order chi connectivity index (χ1) is 7.61. The predicted molar refractivity (Wildman–Crippen MR) is 60.0 cm³/mol. The highest BCUT2D eigenvalue weighted by molar-refractivity contribution is 5.92. The minimum absolute atomic E-state index is 0.589. The molecule has 2 N–H and O–H groups in total. The van der Waals surface area contributed by atoms with Crippen molar-refractivity contribution in [1.29, 1.82) is 0 Å². The van der Waals surface area contributed by atoms with Gasteiger partial charge in [0.1, 0.15) is 0 Å². The lowest BCUT2D eigenvalue weighted by atomic mass is 10.2. The highest BCUT2D eigenvalue weighted by atomic mass is 16.6. The van der Waals surface area contributed by atoms with Gasteiger partial charge < -0.3 is 10.1 Å². The van der Waals surface area contributed by atoms with E-state index >= 15 is 0 Å². The lowest BCUT2D eigenvalue weighted by Gasteiger charge is -2.05. The smallest absolute Gasteiger partial charge is 0.376 e. The van der Waals surface area contributed by atoms with Crippen molar-refractivity contribution in [3.05, 3.63) is 29.8 Å². The second-order valence-electron chi connectivity index (χ2n) is 3.23. The first kappa shape index (κ1) is 12.2. The molecule has 0 unspecified atom stereocenters. The summed E-state index contributed by atoms with van der Waals surface area (Å²) in [5.41, 5.74) is 1.69. The Balaban J connectivity index is 2.54. The van der Waals surface area contributed by atoms with Gasteiger partial charge in [-0.2, -0.15) is 0 Å². The summed E-state index contributed by atoms with van der Waals surface area (Å²) in [6.45, 7) is 1.94. The summed E-state index contributed by atoms with van der Waals surface area (Å²) in [7, 11) is 1.86. The summed E-state index contributed by atoms with van der Waals surface area (Å²) in [5.74, 6) is -0.635. The highest BCUT2D eigenvalue weighted by Crippen LogP contribution is 2.09. The van der Waals surface area contributed by atoms with Crippen molar-refractivity contribution < 1.29 is 14.3 Å². The molecule has 0 bridgehead atoms. The van der Waals surface area contributed by atoms with Crippen LogP contribution in [0.1, 0.15) is 12.5 Å². The Bertz CT molecular complexity index is 373. The molecule has 0 spiro atoms. The molecule has 0 aromatic heterocycles. The van der Waals surface area contributed by atoms with Gasteiger partial charge >= 0.3 is 12.1 Å². The molecule has 1 aromatic rings. The molecule has 0 radical (unpaired) electrons. The molecular weight excluding hydrogens is 208 g/mol. The summed E-state index contributed by atoms with van der Waals surface area (Å²) in [6.07, 6.45) is -0.770. The van der Waals surface area contributed by atoms with Crippen molar-refractivity contribution in [2.75, 3.05) is 12.4 Å². The Hall–Kier alpha value is -1.88. The van der Waals surface area contributed by atoms with Gasteiger partial charge in [0.2, 0.25) is 0 Å². The lowest BCUT2D eigenvalue weighted by Crippen LogP contribution is -2.16. The maximum atomic E-state index is 11.1. The summed E-state index contributed by atoms with van der Waals surface area (Å²) in [6, 6.07) is 7.24. The van der Waals surface area contributed by atoms with Crippen LogP contribution in [0.2, 0.25) is 0 Å². The average molecular weight is 222 g/mol. The van der Waals surface area contributed by atoms with Gasteiger partial charge in [0.25, 0.3) is 0 Å². The van der Waals surface area contributed by atoms with Crippen LogP contribution in [0, 0.1) is 0 Å². The standard InChI is InChI=1S/C11H14N2O3/c1-8(14)16-11(15)13-10-5-3-9(4-6-10)7-12-2/h3-6,12H,7H2,1-2H3,(H,13,15). The molecule has 1 amide bonds. The van der Waals surface area contributed by atoms with E-state index in [-0.39, 0.29) is 0 Å². The van der Waals surface area contributed by atoms with Gasteiger partial charge in [0, 0.05) is 19.2 Å². The van der Waals surface area contributed by atoms with Gasteiger partial charge in [0.15, 0.2) is 0 Å². The normalized spacial score (nSPS) is 9.62. The van der Waals surface area contributed by atoms with E-state index in [4.69, 9.17) is 0 Å². The number of ether oxygens (including phenoxy) is 1. The number of hydrogen-bond acceptors (Lipinski definition) is 4. The minimum atomic E-state index is -0.770. The van der Waals surface area contributed by atoms with Crippen molar-refractivity contribution in [2.24, 2.45) is 0 Å². The van der Waals surface area contributed by atoms with Crippen LogP contribution in [0.15, 0.2) is 24.3 Å². The van der Waals surface area contributed by atoms with Crippen molar-refractivity contribution in [1.82, 2.24) is 5.32 Å². The zero-order valence-corrected chi connectivity index (χ0v) is 9.24. The molecule has 5 heteroatoms. The third kappa shape index (κ3) is 4.10. The van der Waals surface area contributed by atoms with Gasteiger partial charge in [-0.05, 0) is 24.7 Å². The largest absolute Gasteiger partial charge is 0.419 e. The quantitative estimate of drug-likeness (QED) is 0.600. The first-order valence-electron chi connectivity index (χ1n) is 4.84. The Kier molecular flexibility index (Phi) is 4.47. The lowest BCUT2D eigenvalue weighted by molar-refractivity contribution is -0.134. The zero-order valence-electron chi connectivity index (χ0n) is 9.24. The number of benzene rings is 1. The molecule has 0 aliphatic carbocycles. The van der Waals surface area contributed by atoms with E-state index in [0.717, 1.165) is 12.1 Å². The van der Waals surface area contributed by atoms with Gasteiger partial charge in [-0.25, -0.2) is 4.79 Å². The van der Waals surface area contributed by atoms with E-state index in [1.54, 1.807) is 12.1 Å². The predicted octanol–water partition coefficient (Wildman–Crippen LogP) is 1.50. The number of anilines is 1. The first-order valence-corrected chi connectivity index (χ1v) is 4.84. The number of carbonyl (C=O) groups excluding carboxylic acids is 2. The number of nitrogens with one attached hydrogen (secondary N) is 2. The van der Waals surface area contributed by atoms with Crippen LogP contribution in [0.3, 0.4) is 0 Å². The zero-order chi connectivity index (χ0) is 12.0. The highest BCUT2D eigenvalue weighted by Gasteiger charge is 2.05. The Morgan fingerprint density at radius 2 is 1.88 bits per heavy atom. The fourth-order valence-electron chi connectivity index (χ4n) is 1.18. The van der Waals surface area contributed by atoms with Crippen molar-refractivity contribution in [2.45, 2.75) is 13.5 Å². The van der Waals surface area contributed by atoms with E-state index in [9.17, 15) is 9.59 Å². The van der Waals surface area contributed by atoms with E-state index in [1.165, 1.54) is 6.92 Å². The molecular formula is C11H14N2O3. The molecule has 16 heavy (non-hydrogen) atoms. The van der Waals surface area contributed by atoms with Gasteiger partial charge in [0.05, 0.1) is 0 Å². The van der Waals surface area contributed by atoms with E-state index in [1.807, 2.05) is 19.2 Å². The van der Waals surface area contributed by atoms with Crippen LogP contribution in [0.4, 0.5) is 10.5 Å². The van der Waals surface area contributed by atoms with Crippen LogP contribution in [0.5, 0.6) is 0 Å². The Morgan fingerprint density at radius 1 is 1.25 bits per heavy atom. The van der Waals surface area contributed by atoms with Crippen LogP contribution >= 0.6 is 0 Å². The number of esters is 1. The minimum Gasteiger partial charge on any atom is -0.376 e. The molecule has 0 heterocycles. The maximum absolute atomic E-state index is 11.1. The van der Waals surface area contributed by atoms with Crippen LogP contribution in [-0.4, -0.2) is 19.1 Å². The fraction of sp³-hybridized carbons (Fsp3) is 0.273. The summed E-state index contributed by atoms with van der Waals surface area (Å²) >= 11 is 0. The number of rotatable bonds is 3. The number of carbonyl (C=O) groups is 2. The molecule has 0 aliphatic heterocycles. The third-order valence-electron chi connectivity index (χ3n) is 1.82. The maximum Gasteiger partial charge on any atom is 0.419 e. The Morgan fingerprint density at radius 3 is 2.38 bits per heavy atom. The summed E-state index contributed by atoms with van der Waals surface area (Å²) in [4.78, 5) is 21.6. The van der Waals surface area contributed by atoms with Gasteiger partial charge in [-0.15, -0.1) is 0 Å². The number of hydrogen-bond donors (Lipinski definition) is 2. The molecule has 0 atom stereocenters. The number of amides is 1. The fourth-order valence-corrected chi connectivity index (χ4v) is 1.18. The molecule has 0 fully saturated rings. The summed E-state index contributed by atoms with van der Waals surface area (Å²) in [5, 5.41) is 5.45. The molecule has 5 nitrogen and oxygen atoms in total. The van der Waals surface area contributed by atoms with E-state index in [2.05, 4.69) is 15.4 Å². The average Bonchev–Trinajstić information content (AvgIpc) is 2.20. The second kappa shape index (κ2) is 5.87. The van der Waals surface area contributed by atoms with Crippen molar-refractivity contribution >= 4 is 17.7 Å². The van der Waals surface area contributed by atoms with Crippen LogP contribution < -0.4 is 10.6 Å².